The number of halogens is 1. The molecule has 4 nitrogen and oxygen atoms in total. The quantitative estimate of drug-likeness (QED) is 0.622. The van der Waals surface area contributed by atoms with Crippen LogP contribution in [0.15, 0.2) is 67.3 Å². The Morgan fingerprint density at radius 2 is 1.96 bits per heavy atom. The zero-order valence-electron chi connectivity index (χ0n) is 15.6. The first kappa shape index (κ1) is 19.2. The van der Waals surface area contributed by atoms with Crippen molar-refractivity contribution in [3.8, 4) is 11.1 Å². The number of hydrogen-bond donors (Lipinski definition) is 1. The molecule has 140 valence electrons. The highest BCUT2D eigenvalue weighted by Gasteiger charge is 2.21. The maximum Gasteiger partial charge on any atom is 0.253 e. The fourth-order valence-corrected chi connectivity index (χ4v) is 3.30. The molecule has 0 saturated carbocycles. The van der Waals surface area contributed by atoms with Crippen LogP contribution in [-0.2, 0) is 6.54 Å². The van der Waals surface area contributed by atoms with E-state index in [-0.39, 0.29) is 11.9 Å². The first-order chi connectivity index (χ1) is 13.1. The number of rotatable bonds is 7. The second-order valence-corrected chi connectivity index (χ2v) is 7.19. The van der Waals surface area contributed by atoms with Gasteiger partial charge in [0, 0.05) is 25.0 Å². The first-order valence-corrected chi connectivity index (χ1v) is 9.58. The minimum atomic E-state index is -0.148. The summed E-state index contributed by atoms with van der Waals surface area (Å²) in [6.45, 7) is 4.95. The third-order valence-corrected chi connectivity index (χ3v) is 5.25. The van der Waals surface area contributed by atoms with E-state index in [1.165, 1.54) is 0 Å². The van der Waals surface area contributed by atoms with Crippen LogP contribution < -0.4 is 5.32 Å². The van der Waals surface area contributed by atoms with Gasteiger partial charge in [0.05, 0.1) is 16.9 Å². The molecule has 1 N–H and O–H groups in total. The van der Waals surface area contributed by atoms with Gasteiger partial charge in [0.25, 0.3) is 5.91 Å². The van der Waals surface area contributed by atoms with Gasteiger partial charge >= 0.3 is 0 Å². The lowest BCUT2D eigenvalue weighted by Crippen LogP contribution is -2.42. The first-order valence-electron chi connectivity index (χ1n) is 9.20. The molecule has 0 spiro atoms. The molecule has 0 fully saturated rings. The number of aromatic nitrogens is 2. The largest absolute Gasteiger partial charge is 0.347 e. The minimum Gasteiger partial charge on any atom is -0.347 e. The summed E-state index contributed by atoms with van der Waals surface area (Å²) in [5.41, 5.74) is 2.56. The fourth-order valence-electron chi connectivity index (χ4n) is 3.03. The Kier molecular flexibility index (Phi) is 6.30. The molecule has 3 rings (SSSR count). The van der Waals surface area contributed by atoms with Gasteiger partial charge in [-0.2, -0.15) is 0 Å². The Balaban J connectivity index is 1.77. The molecular formula is C22H24ClN3O. The van der Waals surface area contributed by atoms with Crippen molar-refractivity contribution in [1.82, 2.24) is 14.9 Å². The van der Waals surface area contributed by atoms with Gasteiger partial charge in [-0.15, -0.1) is 0 Å². The molecule has 5 heteroatoms. The lowest BCUT2D eigenvalue weighted by atomic mass is 9.98. The molecule has 1 amide bonds. The van der Waals surface area contributed by atoms with Gasteiger partial charge in [0.2, 0.25) is 0 Å². The number of carbonyl (C=O) groups is 1. The van der Waals surface area contributed by atoms with Crippen molar-refractivity contribution in [2.75, 3.05) is 0 Å². The summed E-state index contributed by atoms with van der Waals surface area (Å²) in [5, 5.41) is 3.61. The number of nitrogens with zero attached hydrogens (tertiary/aromatic N) is 2. The standard InChI is InChI=1S/C22H24ClN3O/c1-3-16(2)21(14-26-12-11-24-15-26)25-22(27)19-10-9-18(13-20(19)23)17-7-5-4-6-8-17/h4-13,15-16,21H,3,14H2,1-2H3,(H,25,27)/t16-,21+/m0/s1. The van der Waals surface area contributed by atoms with E-state index in [0.717, 1.165) is 17.5 Å². The number of benzene rings is 2. The lowest BCUT2D eigenvalue weighted by Gasteiger charge is -2.25. The normalized spacial score (nSPS) is 13.1. The highest BCUT2D eigenvalue weighted by Crippen LogP contribution is 2.26. The van der Waals surface area contributed by atoms with Crippen molar-refractivity contribution in [3.05, 3.63) is 77.8 Å². The van der Waals surface area contributed by atoms with E-state index in [4.69, 9.17) is 11.6 Å². The molecule has 0 aliphatic rings. The Labute approximate surface area is 165 Å². The predicted octanol–water partition coefficient (Wildman–Crippen LogP) is 5.05. The second kappa shape index (κ2) is 8.87. The van der Waals surface area contributed by atoms with Crippen molar-refractivity contribution in [2.45, 2.75) is 32.9 Å². The number of amides is 1. The van der Waals surface area contributed by atoms with Crippen LogP contribution >= 0.6 is 11.6 Å². The van der Waals surface area contributed by atoms with Crippen LogP contribution in [0.25, 0.3) is 11.1 Å². The molecule has 1 aromatic heterocycles. The van der Waals surface area contributed by atoms with Crippen molar-refractivity contribution >= 4 is 17.5 Å². The van der Waals surface area contributed by atoms with E-state index in [0.29, 0.717) is 23.0 Å². The topological polar surface area (TPSA) is 46.9 Å². The summed E-state index contributed by atoms with van der Waals surface area (Å²) in [6, 6.07) is 15.6. The summed E-state index contributed by atoms with van der Waals surface area (Å²) >= 11 is 6.44. The van der Waals surface area contributed by atoms with Crippen LogP contribution in [0.2, 0.25) is 5.02 Å². The molecule has 0 saturated heterocycles. The van der Waals surface area contributed by atoms with Gasteiger partial charge in [-0.25, -0.2) is 4.98 Å². The Morgan fingerprint density at radius 3 is 2.59 bits per heavy atom. The molecule has 3 aromatic rings. The Hall–Kier alpha value is -2.59. The second-order valence-electron chi connectivity index (χ2n) is 6.79. The maximum absolute atomic E-state index is 12.9. The van der Waals surface area contributed by atoms with Crippen LogP contribution in [0.5, 0.6) is 0 Å². The molecule has 0 aliphatic heterocycles. The molecular weight excluding hydrogens is 358 g/mol. The van der Waals surface area contributed by atoms with Crippen molar-refractivity contribution in [3.63, 3.8) is 0 Å². The summed E-state index contributed by atoms with van der Waals surface area (Å²) in [6.07, 6.45) is 6.39. The number of imidazole rings is 1. The Morgan fingerprint density at radius 1 is 1.19 bits per heavy atom. The van der Waals surface area contributed by atoms with E-state index >= 15 is 0 Å². The molecule has 2 atom stereocenters. The predicted molar refractivity (Wildman–Crippen MR) is 110 cm³/mol. The average molecular weight is 382 g/mol. The lowest BCUT2D eigenvalue weighted by molar-refractivity contribution is 0.0917. The zero-order valence-corrected chi connectivity index (χ0v) is 16.4. The maximum atomic E-state index is 12.9. The third-order valence-electron chi connectivity index (χ3n) is 4.93. The summed E-state index contributed by atoms with van der Waals surface area (Å²) < 4.78 is 1.98. The van der Waals surface area contributed by atoms with E-state index in [2.05, 4.69) is 24.1 Å². The SMILES string of the molecule is CC[C@H](C)[C@@H](Cn1ccnc1)NC(=O)c1ccc(-c2ccccc2)cc1Cl. The Bertz CT molecular complexity index is 878. The van der Waals surface area contributed by atoms with Gasteiger partial charge in [-0.05, 0) is 29.2 Å². The van der Waals surface area contributed by atoms with Gasteiger partial charge in [-0.3, -0.25) is 4.79 Å². The van der Waals surface area contributed by atoms with Crippen LogP contribution in [0, 0.1) is 5.92 Å². The highest BCUT2D eigenvalue weighted by atomic mass is 35.5. The number of hydrogen-bond acceptors (Lipinski definition) is 2. The molecule has 1 heterocycles. The van der Waals surface area contributed by atoms with E-state index in [1.54, 1.807) is 18.6 Å². The van der Waals surface area contributed by atoms with Crippen LogP contribution in [0.4, 0.5) is 0 Å². The van der Waals surface area contributed by atoms with Gasteiger partial charge in [0.1, 0.15) is 0 Å². The third kappa shape index (κ3) is 4.77. The fraction of sp³-hybridized carbons (Fsp3) is 0.273. The molecule has 0 bridgehead atoms. The van der Waals surface area contributed by atoms with Crippen molar-refractivity contribution < 1.29 is 4.79 Å². The zero-order chi connectivity index (χ0) is 19.2. The molecule has 27 heavy (non-hydrogen) atoms. The highest BCUT2D eigenvalue weighted by molar-refractivity contribution is 6.34. The monoisotopic (exact) mass is 381 g/mol. The minimum absolute atomic E-state index is 0.00145. The summed E-state index contributed by atoms with van der Waals surface area (Å²) in [5.74, 6) is 0.184. The molecule has 0 unspecified atom stereocenters. The van der Waals surface area contributed by atoms with Gasteiger partial charge in [-0.1, -0.05) is 68.3 Å². The van der Waals surface area contributed by atoms with E-state index in [9.17, 15) is 4.79 Å². The molecule has 2 aromatic carbocycles. The van der Waals surface area contributed by atoms with Crippen LogP contribution in [0.1, 0.15) is 30.6 Å². The number of nitrogens with one attached hydrogen (secondary N) is 1. The molecule has 0 radical (unpaired) electrons. The van der Waals surface area contributed by atoms with E-state index in [1.807, 2.05) is 53.2 Å². The summed E-state index contributed by atoms with van der Waals surface area (Å²) in [4.78, 5) is 16.9. The number of carbonyl (C=O) groups excluding carboxylic acids is 1. The van der Waals surface area contributed by atoms with Crippen LogP contribution in [-0.4, -0.2) is 21.5 Å². The van der Waals surface area contributed by atoms with Gasteiger partial charge < -0.3 is 9.88 Å². The smallest absolute Gasteiger partial charge is 0.253 e. The average Bonchev–Trinajstić information content (AvgIpc) is 3.20. The van der Waals surface area contributed by atoms with E-state index < -0.39 is 0 Å². The summed E-state index contributed by atoms with van der Waals surface area (Å²) in [7, 11) is 0. The molecule has 0 aliphatic carbocycles. The van der Waals surface area contributed by atoms with Crippen LogP contribution in [0.3, 0.4) is 0 Å². The van der Waals surface area contributed by atoms with Gasteiger partial charge in [0.15, 0.2) is 0 Å². The van der Waals surface area contributed by atoms with Crippen molar-refractivity contribution in [1.29, 1.82) is 0 Å². The van der Waals surface area contributed by atoms with Crippen molar-refractivity contribution in [2.24, 2.45) is 5.92 Å².